The molecule has 0 radical (unpaired) electrons. The second kappa shape index (κ2) is 8.31. The average molecular weight is 356 g/mol. The molecule has 7 heteroatoms. The van der Waals surface area contributed by atoms with Crippen LogP contribution in [0.5, 0.6) is 5.88 Å². The fraction of sp³-hybridized carbons (Fsp3) is 0.526. The lowest BCUT2D eigenvalue weighted by atomic mass is 10.0. The molecule has 0 saturated carbocycles. The second-order valence-electron chi connectivity index (χ2n) is 6.96. The van der Waals surface area contributed by atoms with Crippen LogP contribution in [0.2, 0.25) is 0 Å². The first-order valence-corrected chi connectivity index (χ1v) is 9.01. The molecule has 0 amide bonds. The van der Waals surface area contributed by atoms with Gasteiger partial charge in [0.1, 0.15) is 5.82 Å². The largest absolute Gasteiger partial charge is 0.481 e. The first-order valence-electron chi connectivity index (χ1n) is 9.01. The number of likely N-dealkylation sites (tertiary alicyclic amines) is 1. The van der Waals surface area contributed by atoms with Crippen LogP contribution in [0.4, 0.5) is 11.8 Å². The summed E-state index contributed by atoms with van der Waals surface area (Å²) in [6.45, 7) is 3.01. The van der Waals surface area contributed by atoms with E-state index < -0.39 is 0 Å². The van der Waals surface area contributed by atoms with Crippen LogP contribution in [-0.2, 0) is 6.54 Å². The van der Waals surface area contributed by atoms with Crippen molar-refractivity contribution in [3.8, 4) is 5.88 Å². The highest BCUT2D eigenvalue weighted by Gasteiger charge is 2.25. The van der Waals surface area contributed by atoms with Gasteiger partial charge in [-0.2, -0.15) is 4.98 Å². The normalized spacial score (nSPS) is 17.8. The quantitative estimate of drug-likeness (QED) is 0.785. The van der Waals surface area contributed by atoms with Crippen LogP contribution in [-0.4, -0.2) is 67.2 Å². The van der Waals surface area contributed by atoms with E-state index in [-0.39, 0.29) is 0 Å². The van der Waals surface area contributed by atoms with E-state index in [1.807, 2.05) is 43.5 Å². The van der Waals surface area contributed by atoms with E-state index in [9.17, 15) is 0 Å². The zero-order valence-electron chi connectivity index (χ0n) is 16.1. The fourth-order valence-electron chi connectivity index (χ4n) is 3.33. The Labute approximate surface area is 155 Å². The third kappa shape index (κ3) is 4.40. The van der Waals surface area contributed by atoms with E-state index in [4.69, 9.17) is 4.74 Å². The number of pyridine rings is 1. The molecule has 0 spiro atoms. The molecular weight excluding hydrogens is 328 g/mol. The highest BCUT2D eigenvalue weighted by molar-refractivity contribution is 5.42. The Kier molecular flexibility index (Phi) is 5.88. The number of hydrogen-bond donors (Lipinski definition) is 0. The first-order chi connectivity index (χ1) is 12.6. The van der Waals surface area contributed by atoms with E-state index in [2.05, 4.69) is 37.9 Å². The van der Waals surface area contributed by atoms with Gasteiger partial charge in [0.2, 0.25) is 11.8 Å². The lowest BCUT2D eigenvalue weighted by Crippen LogP contribution is -2.46. The fourth-order valence-corrected chi connectivity index (χ4v) is 3.33. The molecule has 1 atom stereocenters. The highest BCUT2D eigenvalue weighted by Crippen LogP contribution is 2.22. The van der Waals surface area contributed by atoms with Crippen molar-refractivity contribution in [2.75, 3.05) is 51.1 Å². The Balaban J connectivity index is 1.66. The highest BCUT2D eigenvalue weighted by atomic mass is 16.5. The lowest BCUT2D eigenvalue weighted by molar-refractivity contribution is 0.198. The predicted molar refractivity (Wildman–Crippen MR) is 104 cm³/mol. The summed E-state index contributed by atoms with van der Waals surface area (Å²) in [5.41, 5.74) is 1.23. The Morgan fingerprint density at radius 3 is 2.77 bits per heavy atom. The van der Waals surface area contributed by atoms with Crippen molar-refractivity contribution in [1.29, 1.82) is 0 Å². The van der Waals surface area contributed by atoms with Crippen molar-refractivity contribution in [2.24, 2.45) is 0 Å². The van der Waals surface area contributed by atoms with Gasteiger partial charge in [-0.15, -0.1) is 0 Å². The third-order valence-electron chi connectivity index (χ3n) is 4.84. The van der Waals surface area contributed by atoms with Crippen molar-refractivity contribution in [3.05, 3.63) is 36.2 Å². The molecule has 1 aliphatic heterocycles. The molecule has 2 aromatic heterocycles. The average Bonchev–Trinajstić information content (AvgIpc) is 2.68. The maximum Gasteiger partial charge on any atom is 0.227 e. The minimum Gasteiger partial charge on any atom is -0.481 e. The Hall–Kier alpha value is -2.41. The van der Waals surface area contributed by atoms with Crippen LogP contribution < -0.4 is 14.5 Å². The number of nitrogens with zero attached hydrogens (tertiary/aromatic N) is 6. The molecular formula is C19H28N6O. The molecule has 7 nitrogen and oxygen atoms in total. The van der Waals surface area contributed by atoms with Crippen molar-refractivity contribution < 1.29 is 4.74 Å². The number of piperidine rings is 1. The van der Waals surface area contributed by atoms with Gasteiger partial charge in [-0.1, -0.05) is 0 Å². The zero-order chi connectivity index (χ0) is 18.5. The molecule has 1 fully saturated rings. The van der Waals surface area contributed by atoms with E-state index in [1.54, 1.807) is 7.11 Å². The summed E-state index contributed by atoms with van der Waals surface area (Å²) in [6.07, 6.45) is 5.97. The van der Waals surface area contributed by atoms with Gasteiger partial charge in [0.15, 0.2) is 0 Å². The number of ether oxygens (including phenoxy) is 1. The molecule has 0 N–H and O–H groups in total. The molecule has 1 aliphatic rings. The molecule has 3 heterocycles. The summed E-state index contributed by atoms with van der Waals surface area (Å²) in [7, 11) is 7.74. The molecule has 0 aliphatic carbocycles. The first kappa shape index (κ1) is 18.4. The van der Waals surface area contributed by atoms with Crippen LogP contribution in [0, 0.1) is 0 Å². The van der Waals surface area contributed by atoms with Crippen LogP contribution in [0.15, 0.2) is 30.6 Å². The molecule has 3 rings (SSSR count). The predicted octanol–water partition coefficient (Wildman–Crippen LogP) is 2.05. The van der Waals surface area contributed by atoms with Crippen LogP contribution >= 0.6 is 0 Å². The number of anilines is 2. The summed E-state index contributed by atoms with van der Waals surface area (Å²) < 4.78 is 5.23. The molecule has 26 heavy (non-hydrogen) atoms. The minimum atomic E-state index is 0.407. The number of hydrogen-bond acceptors (Lipinski definition) is 7. The van der Waals surface area contributed by atoms with Crippen molar-refractivity contribution in [1.82, 2.24) is 19.9 Å². The van der Waals surface area contributed by atoms with Crippen molar-refractivity contribution >= 4 is 11.8 Å². The van der Waals surface area contributed by atoms with Gasteiger partial charge in [-0.25, -0.2) is 9.97 Å². The monoisotopic (exact) mass is 356 g/mol. The Morgan fingerprint density at radius 1 is 1.19 bits per heavy atom. The molecule has 0 aromatic carbocycles. The maximum atomic E-state index is 5.23. The van der Waals surface area contributed by atoms with Gasteiger partial charge < -0.3 is 14.5 Å². The standard InChI is InChI=1S/C19H28N6O/c1-23(2)17-8-10-21-19(22-17)24(3)16-6-5-11-25(14-16)13-15-7-9-20-18(12-15)26-4/h7-10,12,16H,5-6,11,13-14H2,1-4H3. The molecule has 1 unspecified atom stereocenters. The third-order valence-corrected chi connectivity index (χ3v) is 4.84. The molecule has 1 saturated heterocycles. The smallest absolute Gasteiger partial charge is 0.227 e. The lowest BCUT2D eigenvalue weighted by Gasteiger charge is -2.37. The van der Waals surface area contributed by atoms with Gasteiger partial charge in [-0.3, -0.25) is 4.90 Å². The van der Waals surface area contributed by atoms with Crippen LogP contribution in [0.1, 0.15) is 18.4 Å². The number of rotatable bonds is 6. The molecule has 2 aromatic rings. The van der Waals surface area contributed by atoms with Gasteiger partial charge in [0, 0.05) is 58.7 Å². The summed E-state index contributed by atoms with van der Waals surface area (Å²) in [4.78, 5) is 20.0. The number of likely N-dealkylation sites (N-methyl/N-ethyl adjacent to an activating group) is 1. The summed E-state index contributed by atoms with van der Waals surface area (Å²) in [5.74, 6) is 2.38. The number of aromatic nitrogens is 3. The van der Waals surface area contributed by atoms with Crippen LogP contribution in [0.25, 0.3) is 0 Å². The Bertz CT molecular complexity index is 723. The second-order valence-corrected chi connectivity index (χ2v) is 6.96. The van der Waals surface area contributed by atoms with E-state index in [1.165, 1.54) is 12.0 Å². The number of methoxy groups -OCH3 is 1. The van der Waals surface area contributed by atoms with Crippen LogP contribution in [0.3, 0.4) is 0 Å². The SMILES string of the molecule is COc1cc(CN2CCCC(N(C)c3nccc(N(C)C)n3)C2)ccn1. The molecule has 140 valence electrons. The zero-order valence-corrected chi connectivity index (χ0v) is 16.1. The van der Waals surface area contributed by atoms with Gasteiger partial charge >= 0.3 is 0 Å². The van der Waals surface area contributed by atoms with Gasteiger partial charge in [-0.05, 0) is 37.1 Å². The van der Waals surface area contributed by atoms with Crippen molar-refractivity contribution in [3.63, 3.8) is 0 Å². The molecule has 0 bridgehead atoms. The topological polar surface area (TPSA) is 57.6 Å². The van der Waals surface area contributed by atoms with Gasteiger partial charge in [0.25, 0.3) is 0 Å². The van der Waals surface area contributed by atoms with E-state index >= 15 is 0 Å². The van der Waals surface area contributed by atoms with Gasteiger partial charge in [0.05, 0.1) is 7.11 Å². The minimum absolute atomic E-state index is 0.407. The maximum absolute atomic E-state index is 5.23. The summed E-state index contributed by atoms with van der Waals surface area (Å²) in [6, 6.07) is 6.41. The van der Waals surface area contributed by atoms with E-state index in [0.717, 1.165) is 37.8 Å². The summed E-state index contributed by atoms with van der Waals surface area (Å²) in [5, 5.41) is 0. The van der Waals surface area contributed by atoms with Crippen molar-refractivity contribution in [2.45, 2.75) is 25.4 Å². The van der Waals surface area contributed by atoms with E-state index in [0.29, 0.717) is 11.9 Å². The summed E-state index contributed by atoms with van der Waals surface area (Å²) >= 11 is 0. The Morgan fingerprint density at radius 2 is 2.00 bits per heavy atom.